The molecule has 0 saturated carbocycles. The number of ketones is 1. The molecule has 3 aromatic rings. The van der Waals surface area contributed by atoms with Crippen LogP contribution in [0.15, 0.2) is 29.3 Å². The molecule has 0 N–H and O–H groups in total. The van der Waals surface area contributed by atoms with Gasteiger partial charge in [0.15, 0.2) is 5.82 Å². The van der Waals surface area contributed by atoms with Crippen molar-refractivity contribution in [2.24, 2.45) is 4.99 Å². The highest BCUT2D eigenvalue weighted by Gasteiger charge is 2.26. The molecule has 0 saturated heterocycles. The van der Waals surface area contributed by atoms with E-state index in [0.29, 0.717) is 12.3 Å². The Kier molecular flexibility index (Phi) is 11.1. The number of unbranched alkanes of at least 4 members (excludes halogenated alkanes) is 2. The minimum Gasteiger partial charge on any atom is -0.300 e. The minimum absolute atomic E-state index is 0.307. The molecule has 0 spiro atoms. The Hall–Kier alpha value is -2.31. The summed E-state index contributed by atoms with van der Waals surface area (Å²) in [5, 5.41) is 10.4. The van der Waals surface area contributed by atoms with Crippen molar-refractivity contribution in [2.75, 3.05) is 0 Å². The lowest BCUT2D eigenvalue weighted by molar-refractivity contribution is -0.117. The van der Waals surface area contributed by atoms with E-state index in [4.69, 9.17) is 16.6 Å². The topological polar surface area (TPSA) is 60.1 Å². The number of benzene rings is 1. The number of aryl methyl sites for hydroxylation is 2. The summed E-state index contributed by atoms with van der Waals surface area (Å²) >= 11 is 7.80. The van der Waals surface area contributed by atoms with Crippen molar-refractivity contribution in [2.45, 2.75) is 87.1 Å². The van der Waals surface area contributed by atoms with Gasteiger partial charge in [0.2, 0.25) is 0 Å². The van der Waals surface area contributed by atoms with Crippen LogP contribution in [0.4, 0.5) is 0 Å². The van der Waals surface area contributed by atoms with E-state index in [1.165, 1.54) is 28.8 Å². The molecule has 1 aliphatic heterocycles. The fourth-order valence-electron chi connectivity index (χ4n) is 3.32. The maximum Gasteiger partial charge on any atom is 0.160 e. The van der Waals surface area contributed by atoms with Crippen molar-refractivity contribution in [1.29, 1.82) is 0 Å². The molecule has 0 aliphatic carbocycles. The third-order valence-electron chi connectivity index (χ3n) is 5.58. The van der Waals surface area contributed by atoms with Crippen LogP contribution in [-0.4, -0.2) is 26.3 Å². The second-order valence-electron chi connectivity index (χ2n) is 8.44. The second-order valence-corrected chi connectivity index (χ2v) is 10.1. The van der Waals surface area contributed by atoms with E-state index in [1.54, 1.807) is 18.3 Å². The maximum atomic E-state index is 10.2. The molecule has 0 amide bonds. The summed E-state index contributed by atoms with van der Waals surface area (Å²) in [4.78, 5) is 16.3. The molecule has 34 heavy (non-hydrogen) atoms. The normalized spacial score (nSPS) is 11.7. The molecule has 2 aromatic heterocycles. The van der Waals surface area contributed by atoms with E-state index in [1.807, 2.05) is 31.2 Å². The molecule has 5 nitrogen and oxygen atoms in total. The molecule has 7 heteroatoms. The molecule has 1 aromatic carbocycles. The molecule has 4 rings (SSSR count). The lowest BCUT2D eigenvalue weighted by Crippen LogP contribution is -2.07. The van der Waals surface area contributed by atoms with Crippen LogP contribution in [-0.2, 0) is 11.3 Å². The lowest BCUT2D eigenvalue weighted by Gasteiger charge is -2.09. The van der Waals surface area contributed by atoms with Gasteiger partial charge in [0.25, 0.3) is 0 Å². The van der Waals surface area contributed by atoms with Gasteiger partial charge in [-0.25, -0.2) is 0 Å². The molecule has 0 bridgehead atoms. The van der Waals surface area contributed by atoms with Crippen molar-refractivity contribution in [3.63, 3.8) is 0 Å². The molecule has 0 atom stereocenters. The van der Waals surface area contributed by atoms with E-state index < -0.39 is 0 Å². The number of fused-ring (bicyclic) bond motifs is 3. The Balaban J connectivity index is 0.000000313. The van der Waals surface area contributed by atoms with E-state index in [-0.39, 0.29) is 0 Å². The van der Waals surface area contributed by atoms with Gasteiger partial charge in [-0.3, -0.25) is 9.56 Å². The summed E-state index contributed by atoms with van der Waals surface area (Å²) in [7, 11) is 0. The summed E-state index contributed by atoms with van der Waals surface area (Å²) in [5.41, 5.74) is 4.52. The van der Waals surface area contributed by atoms with Crippen LogP contribution in [0.1, 0.15) is 93.0 Å². The van der Waals surface area contributed by atoms with Crippen LogP contribution in [0.25, 0.3) is 5.00 Å². The summed E-state index contributed by atoms with van der Waals surface area (Å²) in [6, 6.07) is 7.86. The zero-order valence-electron chi connectivity index (χ0n) is 21.5. The van der Waals surface area contributed by atoms with Gasteiger partial charge in [0, 0.05) is 27.4 Å². The van der Waals surface area contributed by atoms with E-state index in [0.717, 1.165) is 52.2 Å². The van der Waals surface area contributed by atoms with Gasteiger partial charge in [0.1, 0.15) is 23.2 Å². The standard InChI is InChI=1S/C17H15ClN4S.C6H12O.C4H10/c1-9-10(2)23-17-15(9)16(12-4-6-13(18)7-5-12)19-8-14-21-20-11(3)22(14)17;1-3-4-5-6(2)7;1-3-4-2/h4-7H,8H2,1-3H3;3-5H2,1-2H3;3-4H2,1-2H3. The minimum atomic E-state index is 0.307. The first kappa shape index (κ1) is 27.9. The summed E-state index contributed by atoms with van der Waals surface area (Å²) in [5.74, 6) is 2.09. The summed E-state index contributed by atoms with van der Waals surface area (Å²) in [6.45, 7) is 14.9. The predicted octanol–water partition coefficient (Wildman–Crippen LogP) is 7.83. The fourth-order valence-corrected chi connectivity index (χ4v) is 4.67. The van der Waals surface area contributed by atoms with Gasteiger partial charge >= 0.3 is 0 Å². The maximum absolute atomic E-state index is 10.2. The SMILES string of the molecule is CCCC.CCCCC(C)=O.Cc1sc2c(c1C)C(c1ccc(Cl)cc1)=NCc1nnc(C)n1-2. The molecule has 0 unspecified atom stereocenters. The molecule has 0 fully saturated rings. The highest BCUT2D eigenvalue weighted by atomic mass is 35.5. The van der Waals surface area contributed by atoms with Crippen molar-refractivity contribution < 1.29 is 4.79 Å². The first-order valence-corrected chi connectivity index (χ1v) is 13.3. The highest BCUT2D eigenvalue weighted by Crippen LogP contribution is 2.36. The number of thiophene rings is 1. The monoisotopic (exact) mass is 500 g/mol. The van der Waals surface area contributed by atoms with Gasteiger partial charge < -0.3 is 4.79 Å². The predicted molar refractivity (Wildman–Crippen MR) is 145 cm³/mol. The van der Waals surface area contributed by atoms with Crippen LogP contribution in [0, 0.1) is 20.8 Å². The Morgan fingerprint density at radius 3 is 2.21 bits per heavy atom. The largest absolute Gasteiger partial charge is 0.300 e. The van der Waals surface area contributed by atoms with E-state index >= 15 is 0 Å². The second kappa shape index (κ2) is 13.5. The van der Waals surface area contributed by atoms with Crippen LogP contribution >= 0.6 is 22.9 Å². The lowest BCUT2D eigenvalue weighted by atomic mass is 10.00. The third-order valence-corrected chi connectivity index (χ3v) is 7.02. The molecular formula is C27H37ClN4OS. The number of carbonyl (C=O) groups excluding carboxylic acids is 1. The number of hydrogen-bond acceptors (Lipinski definition) is 5. The van der Waals surface area contributed by atoms with Crippen molar-refractivity contribution >= 4 is 34.4 Å². The zero-order valence-corrected chi connectivity index (χ0v) is 23.1. The molecule has 3 heterocycles. The van der Waals surface area contributed by atoms with Crippen LogP contribution < -0.4 is 0 Å². The third kappa shape index (κ3) is 7.09. The van der Waals surface area contributed by atoms with Crippen LogP contribution in [0.2, 0.25) is 5.02 Å². The number of aliphatic imine (C=N–C) groups is 1. The quantitative estimate of drug-likeness (QED) is 0.358. The average molecular weight is 501 g/mol. The number of aromatic nitrogens is 3. The fraction of sp³-hybridized carbons (Fsp3) is 0.481. The van der Waals surface area contributed by atoms with Crippen molar-refractivity contribution in [3.05, 3.63) is 62.5 Å². The van der Waals surface area contributed by atoms with Crippen molar-refractivity contribution in [1.82, 2.24) is 14.8 Å². The van der Waals surface area contributed by atoms with Crippen LogP contribution in [0.3, 0.4) is 0 Å². The summed E-state index contributed by atoms with van der Waals surface area (Å²) in [6.07, 6.45) is 5.57. The number of carbonyl (C=O) groups is 1. The summed E-state index contributed by atoms with van der Waals surface area (Å²) < 4.78 is 2.13. The number of nitrogens with zero attached hydrogens (tertiary/aromatic N) is 4. The Morgan fingerprint density at radius 2 is 1.68 bits per heavy atom. The first-order chi connectivity index (χ1) is 16.2. The molecular weight excluding hydrogens is 464 g/mol. The Labute approximate surface area is 213 Å². The number of Topliss-reactive ketones (excluding diaryl/α,β-unsaturated/α-hetero) is 1. The number of halogens is 1. The number of hydrogen-bond donors (Lipinski definition) is 0. The van der Waals surface area contributed by atoms with Crippen molar-refractivity contribution in [3.8, 4) is 5.00 Å². The van der Waals surface area contributed by atoms with E-state index in [2.05, 4.69) is 49.4 Å². The number of rotatable bonds is 5. The molecule has 0 radical (unpaired) electrons. The average Bonchev–Trinajstić information content (AvgIpc) is 3.27. The van der Waals surface area contributed by atoms with Crippen LogP contribution in [0.5, 0.6) is 0 Å². The highest BCUT2D eigenvalue weighted by molar-refractivity contribution is 7.15. The first-order valence-electron chi connectivity index (χ1n) is 12.1. The zero-order chi connectivity index (χ0) is 25.3. The van der Waals surface area contributed by atoms with Gasteiger partial charge in [-0.1, -0.05) is 63.8 Å². The molecule has 1 aliphatic rings. The van der Waals surface area contributed by atoms with Gasteiger partial charge in [-0.15, -0.1) is 21.5 Å². The Morgan fingerprint density at radius 1 is 1.03 bits per heavy atom. The van der Waals surface area contributed by atoms with Gasteiger partial charge in [0.05, 0.1) is 5.71 Å². The smallest absolute Gasteiger partial charge is 0.160 e. The Bertz CT molecular complexity index is 1110. The van der Waals surface area contributed by atoms with Gasteiger partial charge in [-0.05, 0) is 51.8 Å². The van der Waals surface area contributed by atoms with Gasteiger partial charge in [-0.2, -0.15) is 0 Å². The molecule has 184 valence electrons. The van der Waals surface area contributed by atoms with E-state index in [9.17, 15) is 4.79 Å².